The van der Waals surface area contributed by atoms with Crippen LogP contribution in [-0.2, 0) is 0 Å². The first-order chi connectivity index (χ1) is 13.6. The van der Waals surface area contributed by atoms with Crippen LogP contribution in [0.5, 0.6) is 0 Å². The van der Waals surface area contributed by atoms with Crippen LogP contribution in [0.25, 0.3) is 5.69 Å². The normalized spacial score (nSPS) is 18.8. The van der Waals surface area contributed by atoms with E-state index < -0.39 is 5.91 Å². The van der Waals surface area contributed by atoms with Crippen molar-refractivity contribution in [3.8, 4) is 5.69 Å². The molecule has 3 atom stereocenters. The molecule has 3 aromatic rings. The Morgan fingerprint density at radius 1 is 1.25 bits per heavy atom. The molecule has 4 N–H and O–H groups in total. The Hall–Kier alpha value is -2.93. The van der Waals surface area contributed by atoms with Crippen molar-refractivity contribution in [1.82, 2.24) is 25.0 Å². The van der Waals surface area contributed by atoms with Crippen LogP contribution in [0.1, 0.15) is 29.6 Å². The van der Waals surface area contributed by atoms with Crippen molar-refractivity contribution >= 4 is 40.2 Å². The summed E-state index contributed by atoms with van der Waals surface area (Å²) in [6.07, 6.45) is 8.21. The zero-order valence-electron chi connectivity index (χ0n) is 15.1. The summed E-state index contributed by atoms with van der Waals surface area (Å²) in [7, 11) is 0. The monoisotopic (exact) mass is 440 g/mol. The number of hydrogen-bond acceptors (Lipinski definition) is 7. The van der Waals surface area contributed by atoms with Gasteiger partial charge < -0.3 is 0 Å². The summed E-state index contributed by atoms with van der Waals surface area (Å²) in [5, 5.41) is 14.8. The Labute approximate surface area is 170 Å². The fourth-order valence-electron chi connectivity index (χ4n) is 3.25. The van der Waals surface area contributed by atoms with Crippen molar-refractivity contribution in [2.75, 3.05) is 10.6 Å². The Bertz CT molecular complexity index is 977. The van der Waals surface area contributed by atoms with Gasteiger partial charge in [0.25, 0.3) is 0 Å². The number of carbonyl (C=O) groups excluding carboxylic acids is 1. The molecule has 0 spiro atoms. The minimum atomic E-state index is -0.587. The summed E-state index contributed by atoms with van der Waals surface area (Å²) < 4.78 is 0.626. The number of rotatable bonds is 6. The number of hydrogen-bond donors (Lipinski definition) is 3. The van der Waals surface area contributed by atoms with Crippen LogP contribution in [0.2, 0.25) is 4.71 Å². The molecule has 1 amide bonds. The molecule has 9 nitrogen and oxygen atoms in total. The fourth-order valence-corrected chi connectivity index (χ4v) is 4.35. The van der Waals surface area contributed by atoms with Gasteiger partial charge in [-0.15, -0.1) is 0 Å². The molecule has 2 aromatic heterocycles. The molecule has 0 aliphatic heterocycles. The van der Waals surface area contributed by atoms with E-state index >= 15 is 0 Å². The molecule has 28 heavy (non-hydrogen) atoms. The molecule has 1 aliphatic rings. The molecule has 144 valence electrons. The molecule has 1 fully saturated rings. The van der Waals surface area contributed by atoms with Crippen molar-refractivity contribution in [3.05, 3.63) is 48.4 Å². The number of benzene rings is 1. The molecule has 0 bridgehead atoms. The van der Waals surface area contributed by atoms with E-state index in [-0.39, 0.29) is 5.56 Å². The van der Waals surface area contributed by atoms with E-state index in [0.29, 0.717) is 22.5 Å². The summed E-state index contributed by atoms with van der Waals surface area (Å²) in [6.45, 7) is 0. The van der Waals surface area contributed by atoms with Crippen LogP contribution in [0.3, 0.4) is 0 Å². The van der Waals surface area contributed by atoms with Gasteiger partial charge in [0.1, 0.15) is 0 Å². The van der Waals surface area contributed by atoms with Gasteiger partial charge in [-0.05, 0) is 0 Å². The maximum absolute atomic E-state index is 11.8. The van der Waals surface area contributed by atoms with Crippen LogP contribution in [0.4, 0.5) is 17.5 Å². The summed E-state index contributed by atoms with van der Waals surface area (Å²) in [4.78, 5) is 22.1. The van der Waals surface area contributed by atoms with Gasteiger partial charge in [-0.3, -0.25) is 0 Å². The third-order valence-electron chi connectivity index (χ3n) is 4.70. The number of anilines is 3. The summed E-state index contributed by atoms with van der Waals surface area (Å²) in [6, 6.07) is 7.85. The van der Waals surface area contributed by atoms with Crippen molar-refractivity contribution < 1.29 is 4.79 Å². The Kier molecular flexibility index (Phi) is 5.25. The first-order valence-electron chi connectivity index (χ1n) is 9.03. The Morgan fingerprint density at radius 3 is 2.79 bits per heavy atom. The Balaban J connectivity index is 1.61. The molecular formula is C18H21AsN8O. The van der Waals surface area contributed by atoms with Crippen molar-refractivity contribution in [2.45, 2.75) is 30.0 Å². The third kappa shape index (κ3) is 3.99. The van der Waals surface area contributed by atoms with E-state index in [1.807, 2.05) is 24.3 Å². The second kappa shape index (κ2) is 7.98. The summed E-state index contributed by atoms with van der Waals surface area (Å²) in [5.41, 5.74) is 7.26. The standard InChI is InChI=1S/C18H21AsN8O/c19-14-5-2-6-15(14)25-18-21-10-13(16(20)28)17(26-18)24-11-3-1-4-12(9-11)27-22-7-8-23-27/h1,3-4,7-10,14-15H,2,5-6,19H2,(H2,20,28)(H2,21,24,25,26). The molecule has 3 unspecified atom stereocenters. The van der Waals surface area contributed by atoms with Gasteiger partial charge in [-0.25, -0.2) is 0 Å². The molecule has 10 heteroatoms. The van der Waals surface area contributed by atoms with Gasteiger partial charge in [-0.2, -0.15) is 0 Å². The van der Waals surface area contributed by atoms with E-state index in [1.165, 1.54) is 23.8 Å². The molecular weight excluding hydrogens is 419 g/mol. The first-order valence-corrected chi connectivity index (χ1v) is 10.4. The third-order valence-corrected chi connectivity index (χ3v) is 6.37. The number of aromatic nitrogens is 5. The minimum absolute atomic E-state index is 0.233. The molecule has 4 rings (SSSR count). The van der Waals surface area contributed by atoms with Crippen molar-refractivity contribution in [1.29, 1.82) is 0 Å². The van der Waals surface area contributed by atoms with Crippen LogP contribution in [0, 0.1) is 0 Å². The van der Waals surface area contributed by atoms with Gasteiger partial charge in [0, 0.05) is 0 Å². The van der Waals surface area contributed by atoms with E-state index in [9.17, 15) is 4.79 Å². The van der Waals surface area contributed by atoms with E-state index in [4.69, 9.17) is 5.73 Å². The van der Waals surface area contributed by atoms with Crippen molar-refractivity contribution in [2.24, 2.45) is 5.73 Å². The fraction of sp³-hybridized carbons (Fsp3) is 0.278. The summed E-state index contributed by atoms with van der Waals surface area (Å²) >= 11 is 1.73. The van der Waals surface area contributed by atoms with Gasteiger partial charge in [-0.1, -0.05) is 0 Å². The van der Waals surface area contributed by atoms with Crippen LogP contribution >= 0.6 is 0 Å². The van der Waals surface area contributed by atoms with Crippen LogP contribution in [0.15, 0.2) is 42.9 Å². The number of carbonyl (C=O) groups is 1. The van der Waals surface area contributed by atoms with Crippen LogP contribution < -0.4 is 16.4 Å². The second-order valence-electron chi connectivity index (χ2n) is 6.66. The molecule has 2 heterocycles. The van der Waals surface area contributed by atoms with Gasteiger partial charge in [0.15, 0.2) is 0 Å². The van der Waals surface area contributed by atoms with Gasteiger partial charge >= 0.3 is 158 Å². The first kappa shape index (κ1) is 18.4. The number of nitrogens with zero attached hydrogens (tertiary/aromatic N) is 5. The zero-order chi connectivity index (χ0) is 19.5. The topological polar surface area (TPSA) is 124 Å². The van der Waals surface area contributed by atoms with Gasteiger partial charge in [0.05, 0.1) is 12.4 Å². The molecule has 1 saturated carbocycles. The van der Waals surface area contributed by atoms with Gasteiger partial charge in [0.2, 0.25) is 0 Å². The molecule has 0 saturated heterocycles. The Morgan fingerprint density at radius 2 is 2.07 bits per heavy atom. The van der Waals surface area contributed by atoms with Crippen molar-refractivity contribution in [3.63, 3.8) is 0 Å². The quantitative estimate of drug-likeness (QED) is 0.494. The summed E-state index contributed by atoms with van der Waals surface area (Å²) in [5.74, 6) is 0.273. The average molecular weight is 440 g/mol. The number of nitrogens with one attached hydrogen (secondary N) is 2. The predicted molar refractivity (Wildman–Crippen MR) is 109 cm³/mol. The second-order valence-corrected chi connectivity index (χ2v) is 8.46. The number of amides is 1. The maximum atomic E-state index is 11.8. The predicted octanol–water partition coefficient (Wildman–Crippen LogP) is 1.29. The molecule has 1 aliphatic carbocycles. The number of nitrogens with two attached hydrogens (primary N) is 1. The molecule has 1 aromatic carbocycles. The zero-order valence-corrected chi connectivity index (χ0v) is 17.5. The van der Waals surface area contributed by atoms with E-state index in [0.717, 1.165) is 17.8 Å². The molecule has 0 radical (unpaired) electrons. The SMILES string of the molecule is NC(=O)c1cnc(NC2CCCC2[AsH2])nc1Nc1cccc(-n2nccn2)c1. The van der Waals surface area contributed by atoms with E-state index in [1.54, 1.807) is 29.2 Å². The van der Waals surface area contributed by atoms with E-state index in [2.05, 4.69) is 30.8 Å². The van der Waals surface area contributed by atoms with Crippen LogP contribution in [-0.4, -0.2) is 53.8 Å². The number of primary amides is 1. The average Bonchev–Trinajstić information content (AvgIpc) is 3.35.